The number of carbonyl (C=O) groups is 1. The van der Waals surface area contributed by atoms with Gasteiger partial charge in [-0.15, -0.1) is 11.3 Å². The van der Waals surface area contributed by atoms with Crippen LogP contribution in [-0.2, 0) is 0 Å². The van der Waals surface area contributed by atoms with E-state index in [0.717, 1.165) is 4.88 Å². The van der Waals surface area contributed by atoms with Gasteiger partial charge in [0.25, 0.3) is 0 Å². The lowest BCUT2D eigenvalue weighted by atomic mass is 10.6. The molecule has 0 saturated carbocycles. The van der Waals surface area contributed by atoms with Crippen molar-refractivity contribution in [3.63, 3.8) is 0 Å². The lowest BCUT2D eigenvalue weighted by Crippen LogP contribution is -2.36. The second-order valence-corrected chi connectivity index (χ2v) is 3.93. The number of anilines is 1. The van der Waals surface area contributed by atoms with Gasteiger partial charge >= 0.3 is 12.2 Å². The van der Waals surface area contributed by atoms with Crippen molar-refractivity contribution < 1.29 is 18.0 Å². The van der Waals surface area contributed by atoms with Crippen LogP contribution in [0.4, 0.5) is 23.1 Å². The Morgan fingerprint density at radius 2 is 2.27 bits per heavy atom. The summed E-state index contributed by atoms with van der Waals surface area (Å²) in [7, 11) is 0. The van der Waals surface area contributed by atoms with Crippen molar-refractivity contribution in [2.24, 2.45) is 0 Å². The van der Waals surface area contributed by atoms with Gasteiger partial charge in [-0.3, -0.25) is 5.32 Å². The zero-order valence-electron chi connectivity index (χ0n) is 7.68. The van der Waals surface area contributed by atoms with E-state index in [1.807, 2.05) is 0 Å². The number of aryl methyl sites for hydroxylation is 1. The molecule has 1 rings (SSSR count). The third-order valence-corrected chi connectivity index (χ3v) is 2.12. The topological polar surface area (TPSA) is 54.0 Å². The van der Waals surface area contributed by atoms with Crippen LogP contribution in [-0.4, -0.2) is 23.7 Å². The largest absolute Gasteiger partial charge is 0.405 e. The Balaban J connectivity index is 2.37. The molecular weight excluding hydrogens is 231 g/mol. The van der Waals surface area contributed by atoms with E-state index in [0.29, 0.717) is 0 Å². The lowest BCUT2D eigenvalue weighted by molar-refractivity contribution is -0.122. The van der Waals surface area contributed by atoms with E-state index in [1.54, 1.807) is 12.2 Å². The molecule has 0 aliphatic heterocycles. The van der Waals surface area contributed by atoms with Gasteiger partial charge in [0.05, 0.1) is 0 Å². The van der Waals surface area contributed by atoms with Crippen molar-refractivity contribution in [3.05, 3.63) is 11.1 Å². The van der Waals surface area contributed by atoms with E-state index in [-0.39, 0.29) is 5.13 Å². The number of hydrogen-bond donors (Lipinski definition) is 2. The van der Waals surface area contributed by atoms with Crippen molar-refractivity contribution in [3.8, 4) is 0 Å². The monoisotopic (exact) mass is 239 g/mol. The predicted molar refractivity (Wildman–Crippen MR) is 49.9 cm³/mol. The molecule has 2 amide bonds. The molecular formula is C7H8F3N3OS. The Kier molecular flexibility index (Phi) is 3.51. The number of amides is 2. The van der Waals surface area contributed by atoms with Gasteiger partial charge < -0.3 is 5.32 Å². The molecule has 1 aromatic rings. The van der Waals surface area contributed by atoms with Gasteiger partial charge in [0.15, 0.2) is 5.13 Å². The maximum Gasteiger partial charge on any atom is 0.405 e. The first-order valence-electron chi connectivity index (χ1n) is 3.91. The minimum Gasteiger partial charge on any atom is -0.329 e. The highest BCUT2D eigenvalue weighted by atomic mass is 32.1. The van der Waals surface area contributed by atoms with Crippen LogP contribution in [0.5, 0.6) is 0 Å². The van der Waals surface area contributed by atoms with E-state index < -0.39 is 18.8 Å². The summed E-state index contributed by atoms with van der Waals surface area (Å²) in [5.41, 5.74) is 0. The first-order valence-corrected chi connectivity index (χ1v) is 4.72. The average Bonchev–Trinajstić information content (AvgIpc) is 2.47. The molecule has 0 bridgehead atoms. The number of nitrogens with one attached hydrogen (secondary N) is 2. The molecule has 0 radical (unpaired) electrons. The molecule has 0 spiro atoms. The number of alkyl halides is 3. The number of hydrogen-bond acceptors (Lipinski definition) is 3. The number of halogens is 3. The first kappa shape index (κ1) is 11.8. The molecule has 0 fully saturated rings. The highest BCUT2D eigenvalue weighted by Gasteiger charge is 2.27. The molecule has 0 unspecified atom stereocenters. The Morgan fingerprint density at radius 3 is 2.73 bits per heavy atom. The number of aromatic nitrogens is 1. The van der Waals surface area contributed by atoms with Crippen molar-refractivity contribution in [2.45, 2.75) is 13.1 Å². The Labute approximate surface area is 87.5 Å². The quantitative estimate of drug-likeness (QED) is 0.830. The van der Waals surface area contributed by atoms with E-state index in [1.165, 1.54) is 17.5 Å². The number of urea groups is 1. The predicted octanol–water partition coefficient (Wildman–Crippen LogP) is 2.14. The van der Waals surface area contributed by atoms with Crippen molar-refractivity contribution in [2.75, 3.05) is 11.9 Å². The van der Waals surface area contributed by atoms with Gasteiger partial charge in [-0.1, -0.05) is 0 Å². The van der Waals surface area contributed by atoms with Crippen LogP contribution in [0.1, 0.15) is 4.88 Å². The van der Waals surface area contributed by atoms with Gasteiger partial charge in [0.1, 0.15) is 6.54 Å². The Hall–Kier alpha value is -1.31. The van der Waals surface area contributed by atoms with Crippen LogP contribution in [0, 0.1) is 6.92 Å². The van der Waals surface area contributed by atoms with Crippen LogP contribution in [0.15, 0.2) is 6.20 Å². The molecule has 2 N–H and O–H groups in total. The van der Waals surface area contributed by atoms with E-state index in [4.69, 9.17) is 0 Å². The van der Waals surface area contributed by atoms with Gasteiger partial charge in [-0.25, -0.2) is 9.78 Å². The van der Waals surface area contributed by atoms with Crippen LogP contribution in [0.3, 0.4) is 0 Å². The maximum absolute atomic E-state index is 11.7. The van der Waals surface area contributed by atoms with E-state index >= 15 is 0 Å². The average molecular weight is 239 g/mol. The molecule has 1 heterocycles. The second kappa shape index (κ2) is 4.47. The summed E-state index contributed by atoms with van der Waals surface area (Å²) < 4.78 is 35.1. The van der Waals surface area contributed by atoms with Crippen molar-refractivity contribution >= 4 is 22.5 Å². The van der Waals surface area contributed by atoms with E-state index in [9.17, 15) is 18.0 Å². The standard InChI is InChI=1S/C7H8F3N3OS/c1-4-2-11-6(15-4)13-5(14)12-3-7(8,9)10/h2H,3H2,1H3,(H2,11,12,13,14). The van der Waals surface area contributed by atoms with Crippen LogP contribution in [0.25, 0.3) is 0 Å². The number of nitrogens with zero attached hydrogens (tertiary/aromatic N) is 1. The van der Waals surface area contributed by atoms with Crippen LogP contribution < -0.4 is 10.6 Å². The highest BCUT2D eigenvalue weighted by molar-refractivity contribution is 7.15. The second-order valence-electron chi connectivity index (χ2n) is 2.70. The molecule has 15 heavy (non-hydrogen) atoms. The van der Waals surface area contributed by atoms with Gasteiger partial charge in [-0.05, 0) is 6.92 Å². The molecule has 0 aliphatic carbocycles. The lowest BCUT2D eigenvalue weighted by Gasteiger charge is -2.07. The summed E-state index contributed by atoms with van der Waals surface area (Å²) in [6.07, 6.45) is -2.89. The van der Waals surface area contributed by atoms with Gasteiger partial charge in [-0.2, -0.15) is 13.2 Å². The number of rotatable bonds is 2. The van der Waals surface area contributed by atoms with E-state index in [2.05, 4.69) is 10.3 Å². The molecule has 0 aromatic carbocycles. The van der Waals surface area contributed by atoms with Crippen LogP contribution >= 0.6 is 11.3 Å². The summed E-state index contributed by atoms with van der Waals surface area (Å²) in [6, 6.07) is -0.915. The summed E-state index contributed by atoms with van der Waals surface area (Å²) in [5.74, 6) is 0. The van der Waals surface area contributed by atoms with Gasteiger partial charge in [0.2, 0.25) is 0 Å². The number of thiazole rings is 1. The van der Waals surface area contributed by atoms with Gasteiger partial charge in [0, 0.05) is 11.1 Å². The molecule has 0 saturated heterocycles. The maximum atomic E-state index is 11.7. The SMILES string of the molecule is Cc1cnc(NC(=O)NCC(F)(F)F)s1. The highest BCUT2D eigenvalue weighted by Crippen LogP contribution is 2.16. The minimum atomic E-state index is -4.41. The summed E-state index contributed by atoms with van der Waals surface area (Å²) >= 11 is 1.19. The normalized spacial score (nSPS) is 11.2. The zero-order chi connectivity index (χ0) is 11.5. The summed E-state index contributed by atoms with van der Waals surface area (Å²) in [5, 5.41) is 4.14. The fourth-order valence-corrected chi connectivity index (χ4v) is 1.39. The third kappa shape index (κ3) is 4.63. The van der Waals surface area contributed by atoms with Crippen LogP contribution in [0.2, 0.25) is 0 Å². The van der Waals surface area contributed by atoms with Crippen molar-refractivity contribution in [1.29, 1.82) is 0 Å². The Bertz CT molecular complexity index is 349. The molecule has 0 atom stereocenters. The molecule has 0 aliphatic rings. The molecule has 4 nitrogen and oxygen atoms in total. The molecule has 84 valence electrons. The summed E-state index contributed by atoms with van der Waals surface area (Å²) in [6.45, 7) is 0.416. The van der Waals surface area contributed by atoms with Crippen molar-refractivity contribution in [1.82, 2.24) is 10.3 Å². The fraction of sp³-hybridized carbons (Fsp3) is 0.429. The smallest absolute Gasteiger partial charge is 0.329 e. The number of carbonyl (C=O) groups excluding carboxylic acids is 1. The molecule has 1 aromatic heterocycles. The first-order chi connectivity index (χ1) is 6.87. The minimum absolute atomic E-state index is 0.271. The zero-order valence-corrected chi connectivity index (χ0v) is 8.50. The summed E-state index contributed by atoms with van der Waals surface area (Å²) in [4.78, 5) is 15.5. The Morgan fingerprint density at radius 1 is 1.60 bits per heavy atom. The molecule has 8 heteroatoms. The fourth-order valence-electron chi connectivity index (χ4n) is 0.734. The third-order valence-electron chi connectivity index (χ3n) is 1.29.